The molecule has 34 heavy (non-hydrogen) atoms. The predicted molar refractivity (Wildman–Crippen MR) is 124 cm³/mol. The maximum Gasteiger partial charge on any atom is 0.416 e. The standard InChI is InChI=1S/C27H17F3N2O2/c28-27(29,30)19-10-6-11-20(15-19)31-26(34)23-16-22(25(33)18-8-2-1-3-9-18)24-21-12-5-4-7-17(21)13-14-32(23)24/h1-16H,(H,31,34). The third-order valence-electron chi connectivity index (χ3n) is 5.62. The average Bonchev–Trinajstić information content (AvgIpc) is 3.24. The van der Waals surface area contributed by atoms with Crippen LogP contribution >= 0.6 is 0 Å². The molecule has 4 nitrogen and oxygen atoms in total. The Morgan fingerprint density at radius 1 is 0.794 bits per heavy atom. The van der Waals surface area contributed by atoms with Gasteiger partial charge in [0.15, 0.2) is 5.78 Å². The minimum Gasteiger partial charge on any atom is -0.321 e. The molecule has 0 aliphatic heterocycles. The highest BCUT2D eigenvalue weighted by Crippen LogP contribution is 2.32. The summed E-state index contributed by atoms with van der Waals surface area (Å²) in [7, 11) is 0. The van der Waals surface area contributed by atoms with E-state index in [0.29, 0.717) is 16.6 Å². The lowest BCUT2D eigenvalue weighted by Gasteiger charge is -2.10. The molecule has 2 aromatic heterocycles. The highest BCUT2D eigenvalue weighted by molar-refractivity contribution is 6.19. The summed E-state index contributed by atoms with van der Waals surface area (Å²) >= 11 is 0. The summed E-state index contributed by atoms with van der Waals surface area (Å²) in [5.74, 6) is -0.885. The molecule has 0 unspecified atom stereocenters. The number of halogens is 3. The van der Waals surface area contributed by atoms with Gasteiger partial charge in [0.05, 0.1) is 11.1 Å². The van der Waals surface area contributed by atoms with Gasteiger partial charge in [-0.2, -0.15) is 13.2 Å². The number of nitrogens with zero attached hydrogens (tertiary/aromatic N) is 1. The van der Waals surface area contributed by atoms with Gasteiger partial charge in [0.25, 0.3) is 5.91 Å². The highest BCUT2D eigenvalue weighted by atomic mass is 19.4. The first-order chi connectivity index (χ1) is 16.3. The Balaban J connectivity index is 1.64. The minimum atomic E-state index is -4.53. The fourth-order valence-electron chi connectivity index (χ4n) is 4.03. The third-order valence-corrected chi connectivity index (χ3v) is 5.62. The van der Waals surface area contributed by atoms with Crippen molar-refractivity contribution in [3.8, 4) is 0 Å². The number of aromatic nitrogens is 1. The molecule has 5 rings (SSSR count). The fraction of sp³-hybridized carbons (Fsp3) is 0.0370. The Morgan fingerprint density at radius 3 is 2.29 bits per heavy atom. The number of carbonyl (C=O) groups excluding carboxylic acids is 2. The molecule has 7 heteroatoms. The molecule has 0 bridgehead atoms. The monoisotopic (exact) mass is 458 g/mol. The van der Waals surface area contributed by atoms with Crippen molar-refractivity contribution < 1.29 is 22.8 Å². The zero-order chi connectivity index (χ0) is 23.9. The van der Waals surface area contributed by atoms with E-state index >= 15 is 0 Å². The van der Waals surface area contributed by atoms with Crippen molar-refractivity contribution in [3.63, 3.8) is 0 Å². The van der Waals surface area contributed by atoms with Gasteiger partial charge in [-0.25, -0.2) is 0 Å². The van der Waals surface area contributed by atoms with Crippen LogP contribution in [0.3, 0.4) is 0 Å². The zero-order valence-electron chi connectivity index (χ0n) is 17.6. The van der Waals surface area contributed by atoms with Crippen molar-refractivity contribution in [2.24, 2.45) is 0 Å². The molecule has 0 aliphatic carbocycles. The second-order valence-electron chi connectivity index (χ2n) is 7.79. The minimum absolute atomic E-state index is 0.00602. The van der Waals surface area contributed by atoms with Gasteiger partial charge in [0, 0.05) is 28.4 Å². The Labute approximate surface area is 192 Å². The van der Waals surface area contributed by atoms with Crippen molar-refractivity contribution in [2.75, 3.05) is 5.32 Å². The lowest BCUT2D eigenvalue weighted by molar-refractivity contribution is -0.137. The number of nitrogens with one attached hydrogen (secondary N) is 1. The van der Waals surface area contributed by atoms with Crippen molar-refractivity contribution in [1.29, 1.82) is 0 Å². The number of carbonyl (C=O) groups is 2. The van der Waals surface area contributed by atoms with Crippen LogP contribution < -0.4 is 5.32 Å². The Kier molecular flexibility index (Phi) is 5.17. The maximum atomic E-state index is 13.4. The SMILES string of the molecule is O=C(c1ccccc1)c1cc(C(=O)Nc2cccc(C(F)(F)F)c2)n2ccc3ccccc3c12. The molecule has 3 aromatic carbocycles. The first-order valence-electron chi connectivity index (χ1n) is 10.4. The summed E-state index contributed by atoms with van der Waals surface area (Å²) in [6, 6.07) is 23.9. The molecule has 0 spiro atoms. The first kappa shape index (κ1) is 21.5. The molecular formula is C27H17F3N2O2. The van der Waals surface area contributed by atoms with Crippen LogP contribution in [0.15, 0.2) is 97.2 Å². The molecule has 0 saturated heterocycles. The van der Waals surface area contributed by atoms with Crippen molar-refractivity contribution in [2.45, 2.75) is 6.18 Å². The largest absolute Gasteiger partial charge is 0.416 e. The summed E-state index contributed by atoms with van der Waals surface area (Å²) in [6.45, 7) is 0. The summed E-state index contributed by atoms with van der Waals surface area (Å²) in [6.07, 6.45) is -2.85. The van der Waals surface area contributed by atoms with Gasteiger partial charge >= 0.3 is 6.18 Å². The van der Waals surface area contributed by atoms with E-state index in [9.17, 15) is 22.8 Å². The number of ketones is 1. The van der Waals surface area contributed by atoms with Gasteiger partial charge in [0.2, 0.25) is 0 Å². The van der Waals surface area contributed by atoms with Crippen LogP contribution in [0.25, 0.3) is 16.3 Å². The first-order valence-corrected chi connectivity index (χ1v) is 10.4. The van der Waals surface area contributed by atoms with Crippen LogP contribution in [0.2, 0.25) is 0 Å². The van der Waals surface area contributed by atoms with Gasteiger partial charge < -0.3 is 9.72 Å². The Bertz CT molecular complexity index is 1550. The van der Waals surface area contributed by atoms with Crippen LogP contribution in [0.5, 0.6) is 0 Å². The van der Waals surface area contributed by atoms with Gasteiger partial charge in [-0.05, 0) is 35.7 Å². The number of rotatable bonds is 4. The maximum absolute atomic E-state index is 13.4. The molecule has 168 valence electrons. The molecule has 1 N–H and O–H groups in total. The second-order valence-corrected chi connectivity index (χ2v) is 7.79. The normalized spacial score (nSPS) is 11.6. The van der Waals surface area contributed by atoms with E-state index in [1.807, 2.05) is 30.3 Å². The van der Waals surface area contributed by atoms with Crippen LogP contribution in [-0.2, 0) is 6.18 Å². The van der Waals surface area contributed by atoms with E-state index in [1.54, 1.807) is 40.9 Å². The van der Waals surface area contributed by atoms with Gasteiger partial charge in [0.1, 0.15) is 5.69 Å². The van der Waals surface area contributed by atoms with E-state index < -0.39 is 17.6 Å². The van der Waals surface area contributed by atoms with E-state index in [-0.39, 0.29) is 17.2 Å². The topological polar surface area (TPSA) is 50.6 Å². The average molecular weight is 458 g/mol. The Morgan fingerprint density at radius 2 is 1.53 bits per heavy atom. The molecule has 0 aliphatic rings. The summed E-state index contributed by atoms with van der Waals surface area (Å²) < 4.78 is 40.9. The smallest absolute Gasteiger partial charge is 0.321 e. The van der Waals surface area contributed by atoms with Gasteiger partial charge in [-0.3, -0.25) is 9.59 Å². The van der Waals surface area contributed by atoms with Crippen LogP contribution in [0.4, 0.5) is 18.9 Å². The lowest BCUT2D eigenvalue weighted by atomic mass is 10.0. The summed E-state index contributed by atoms with van der Waals surface area (Å²) in [5, 5.41) is 4.20. The van der Waals surface area contributed by atoms with Crippen molar-refractivity contribution in [3.05, 3.63) is 120 Å². The molecule has 5 aromatic rings. The van der Waals surface area contributed by atoms with Crippen LogP contribution in [0.1, 0.15) is 32.0 Å². The van der Waals surface area contributed by atoms with Crippen LogP contribution in [0, 0.1) is 0 Å². The third kappa shape index (κ3) is 3.81. The van der Waals surface area contributed by atoms with E-state index in [1.165, 1.54) is 18.2 Å². The number of fused-ring (bicyclic) bond motifs is 3. The fourth-order valence-corrected chi connectivity index (χ4v) is 4.03. The van der Waals surface area contributed by atoms with Crippen LogP contribution in [-0.4, -0.2) is 16.1 Å². The molecule has 0 fully saturated rings. The molecule has 0 atom stereocenters. The number of hydrogen-bond donors (Lipinski definition) is 1. The number of pyridine rings is 1. The molecule has 1 amide bonds. The number of hydrogen-bond acceptors (Lipinski definition) is 2. The quantitative estimate of drug-likeness (QED) is 0.309. The number of amides is 1. The molecule has 0 radical (unpaired) electrons. The molecule has 0 saturated carbocycles. The molecular weight excluding hydrogens is 441 g/mol. The number of anilines is 1. The Hall–Kier alpha value is -4.39. The summed E-state index contributed by atoms with van der Waals surface area (Å²) in [5.41, 5.74) is 0.631. The van der Waals surface area contributed by atoms with Crippen molar-refractivity contribution in [1.82, 2.24) is 4.40 Å². The lowest BCUT2D eigenvalue weighted by Crippen LogP contribution is -2.15. The van der Waals surface area contributed by atoms with E-state index in [0.717, 1.165) is 22.9 Å². The van der Waals surface area contributed by atoms with E-state index in [2.05, 4.69) is 5.32 Å². The molecule has 2 heterocycles. The van der Waals surface area contributed by atoms with Crippen molar-refractivity contribution >= 4 is 33.7 Å². The second kappa shape index (κ2) is 8.19. The van der Waals surface area contributed by atoms with E-state index in [4.69, 9.17) is 0 Å². The van der Waals surface area contributed by atoms with Gasteiger partial charge in [-0.1, -0.05) is 60.7 Å². The number of alkyl halides is 3. The highest BCUT2D eigenvalue weighted by Gasteiger charge is 2.30. The predicted octanol–water partition coefficient (Wildman–Crippen LogP) is 6.59. The summed E-state index contributed by atoms with van der Waals surface area (Å²) in [4.78, 5) is 26.6. The van der Waals surface area contributed by atoms with Gasteiger partial charge in [-0.15, -0.1) is 0 Å². The number of benzene rings is 3. The zero-order valence-corrected chi connectivity index (χ0v) is 17.6.